The van der Waals surface area contributed by atoms with Gasteiger partial charge in [0.2, 0.25) is 0 Å². The lowest BCUT2D eigenvalue weighted by Gasteiger charge is -2.42. The molecule has 1 aromatic heterocycles. The maximum Gasteiger partial charge on any atom is 0.0597 e. The van der Waals surface area contributed by atoms with Crippen molar-refractivity contribution in [2.45, 2.75) is 66.2 Å². The molecule has 2 atom stereocenters. The van der Waals surface area contributed by atoms with Crippen molar-refractivity contribution in [3.05, 3.63) is 17.5 Å². The predicted molar refractivity (Wildman–Crippen MR) is 83.8 cm³/mol. The van der Waals surface area contributed by atoms with Gasteiger partial charge in [-0.3, -0.25) is 9.58 Å². The summed E-state index contributed by atoms with van der Waals surface area (Å²) < 4.78 is 2.15. The van der Waals surface area contributed by atoms with Crippen molar-refractivity contribution in [1.29, 1.82) is 0 Å². The van der Waals surface area contributed by atoms with Crippen LogP contribution in [0.1, 0.15) is 45.5 Å². The van der Waals surface area contributed by atoms with E-state index in [4.69, 9.17) is 0 Å². The van der Waals surface area contributed by atoms with Gasteiger partial charge in [-0.1, -0.05) is 20.8 Å². The molecule has 0 saturated carbocycles. The molecule has 2 rings (SSSR count). The second kappa shape index (κ2) is 6.72. The first-order valence-electron chi connectivity index (χ1n) is 8.05. The maximum absolute atomic E-state index is 4.58. The predicted octanol–water partition coefficient (Wildman–Crippen LogP) is 2.42. The van der Waals surface area contributed by atoms with Gasteiger partial charge in [0.15, 0.2) is 0 Å². The van der Waals surface area contributed by atoms with Gasteiger partial charge in [0.25, 0.3) is 0 Å². The minimum Gasteiger partial charge on any atom is -0.311 e. The van der Waals surface area contributed by atoms with E-state index >= 15 is 0 Å². The van der Waals surface area contributed by atoms with Crippen LogP contribution in [0.2, 0.25) is 0 Å². The quantitative estimate of drug-likeness (QED) is 0.898. The van der Waals surface area contributed by atoms with Crippen molar-refractivity contribution >= 4 is 0 Å². The highest BCUT2D eigenvalue weighted by molar-refractivity contribution is 5.09. The summed E-state index contributed by atoms with van der Waals surface area (Å²) in [5, 5.41) is 8.26. The van der Waals surface area contributed by atoms with Crippen LogP contribution in [0.4, 0.5) is 0 Å². The van der Waals surface area contributed by atoms with E-state index in [1.54, 1.807) is 0 Å². The monoisotopic (exact) mass is 278 g/mol. The largest absolute Gasteiger partial charge is 0.311 e. The van der Waals surface area contributed by atoms with E-state index in [-0.39, 0.29) is 0 Å². The summed E-state index contributed by atoms with van der Waals surface area (Å²) in [5.41, 5.74) is 2.48. The molecule has 2 heterocycles. The molecular weight excluding hydrogens is 248 g/mol. The van der Waals surface area contributed by atoms with Crippen LogP contribution in [0.5, 0.6) is 0 Å². The number of nitrogens with one attached hydrogen (secondary N) is 1. The van der Waals surface area contributed by atoms with Crippen LogP contribution in [0.3, 0.4) is 0 Å². The van der Waals surface area contributed by atoms with Crippen LogP contribution in [0.15, 0.2) is 6.07 Å². The molecular formula is C16H30N4. The molecule has 1 aliphatic heterocycles. The first-order valence-corrected chi connectivity index (χ1v) is 8.05. The Morgan fingerprint density at radius 3 is 2.75 bits per heavy atom. The number of aryl methyl sites for hydroxylation is 2. The zero-order chi connectivity index (χ0) is 14.7. The second-order valence-corrected chi connectivity index (χ2v) is 6.35. The molecule has 0 radical (unpaired) electrons. The highest BCUT2D eigenvalue weighted by atomic mass is 15.3. The van der Waals surface area contributed by atoms with Crippen molar-refractivity contribution in [1.82, 2.24) is 20.0 Å². The molecule has 0 aromatic carbocycles. The number of hydrogen-bond acceptors (Lipinski definition) is 3. The number of piperazine rings is 1. The minimum absolute atomic E-state index is 0.623. The van der Waals surface area contributed by atoms with E-state index in [1.807, 2.05) is 0 Å². The minimum atomic E-state index is 0.623. The normalized spacial score (nSPS) is 24.5. The van der Waals surface area contributed by atoms with Crippen LogP contribution in [-0.2, 0) is 13.1 Å². The Balaban J connectivity index is 2.13. The second-order valence-electron chi connectivity index (χ2n) is 6.35. The van der Waals surface area contributed by atoms with E-state index in [0.29, 0.717) is 18.0 Å². The average molecular weight is 278 g/mol. The number of nitrogens with zero attached hydrogens (tertiary/aromatic N) is 3. The van der Waals surface area contributed by atoms with Crippen molar-refractivity contribution in [3.8, 4) is 0 Å². The van der Waals surface area contributed by atoms with Crippen LogP contribution in [0, 0.1) is 12.8 Å². The molecule has 1 fully saturated rings. The Hall–Kier alpha value is -0.870. The lowest BCUT2D eigenvalue weighted by atomic mass is 9.97. The summed E-state index contributed by atoms with van der Waals surface area (Å²) in [7, 11) is 0. The van der Waals surface area contributed by atoms with Gasteiger partial charge in [-0.25, -0.2) is 0 Å². The molecule has 114 valence electrons. The van der Waals surface area contributed by atoms with Gasteiger partial charge in [-0.05, 0) is 32.3 Å². The molecule has 2 unspecified atom stereocenters. The Bertz CT molecular complexity index is 424. The van der Waals surface area contributed by atoms with Crippen molar-refractivity contribution in [3.63, 3.8) is 0 Å². The van der Waals surface area contributed by atoms with Gasteiger partial charge < -0.3 is 5.32 Å². The van der Waals surface area contributed by atoms with Gasteiger partial charge in [0.1, 0.15) is 0 Å². The van der Waals surface area contributed by atoms with Crippen molar-refractivity contribution in [2.24, 2.45) is 5.92 Å². The third-order valence-corrected chi connectivity index (χ3v) is 4.45. The summed E-state index contributed by atoms with van der Waals surface area (Å²) in [4.78, 5) is 2.65. The SMILES string of the molecule is CCC1CN(Cc2cc(C)nn2CC)C(C(C)C)CN1. The lowest BCUT2D eigenvalue weighted by Crippen LogP contribution is -2.57. The van der Waals surface area contributed by atoms with Crippen LogP contribution in [-0.4, -0.2) is 39.9 Å². The molecule has 0 aliphatic carbocycles. The van der Waals surface area contributed by atoms with E-state index < -0.39 is 0 Å². The Morgan fingerprint density at radius 2 is 2.15 bits per heavy atom. The first-order chi connectivity index (χ1) is 9.55. The third kappa shape index (κ3) is 3.41. The van der Waals surface area contributed by atoms with Gasteiger partial charge in [0, 0.05) is 38.3 Å². The molecule has 0 amide bonds. The fraction of sp³-hybridized carbons (Fsp3) is 0.812. The zero-order valence-corrected chi connectivity index (χ0v) is 13.7. The summed E-state index contributed by atoms with van der Waals surface area (Å²) >= 11 is 0. The standard InChI is InChI=1S/C16H30N4/c1-6-14-10-19(16(9-17-14)12(3)4)11-15-8-13(5)18-20(15)7-2/h8,12,14,16-17H,6-7,9-11H2,1-5H3. The molecule has 0 bridgehead atoms. The Kier molecular flexibility index (Phi) is 5.22. The number of hydrogen-bond donors (Lipinski definition) is 1. The summed E-state index contributed by atoms with van der Waals surface area (Å²) in [6, 6.07) is 3.49. The zero-order valence-electron chi connectivity index (χ0n) is 13.7. The first kappa shape index (κ1) is 15.5. The molecule has 4 nitrogen and oxygen atoms in total. The summed E-state index contributed by atoms with van der Waals surface area (Å²) in [6.07, 6.45) is 1.20. The van der Waals surface area contributed by atoms with E-state index in [9.17, 15) is 0 Å². The van der Waals surface area contributed by atoms with Gasteiger partial charge in [-0.2, -0.15) is 5.10 Å². The van der Waals surface area contributed by atoms with E-state index in [1.165, 1.54) is 12.1 Å². The van der Waals surface area contributed by atoms with Crippen molar-refractivity contribution in [2.75, 3.05) is 13.1 Å². The lowest BCUT2D eigenvalue weighted by molar-refractivity contribution is 0.0873. The van der Waals surface area contributed by atoms with E-state index in [0.717, 1.165) is 31.9 Å². The van der Waals surface area contributed by atoms with Crippen molar-refractivity contribution < 1.29 is 0 Å². The fourth-order valence-corrected chi connectivity index (χ4v) is 3.22. The summed E-state index contributed by atoms with van der Waals surface area (Å²) in [5.74, 6) is 0.680. The average Bonchev–Trinajstić information content (AvgIpc) is 2.78. The van der Waals surface area contributed by atoms with E-state index in [2.05, 4.69) is 60.7 Å². The van der Waals surface area contributed by atoms with Crippen LogP contribution in [0.25, 0.3) is 0 Å². The summed E-state index contributed by atoms with van der Waals surface area (Å²) in [6.45, 7) is 15.4. The number of aromatic nitrogens is 2. The topological polar surface area (TPSA) is 33.1 Å². The highest BCUT2D eigenvalue weighted by Crippen LogP contribution is 2.19. The molecule has 0 spiro atoms. The highest BCUT2D eigenvalue weighted by Gasteiger charge is 2.29. The smallest absolute Gasteiger partial charge is 0.0597 e. The van der Waals surface area contributed by atoms with Gasteiger partial charge >= 0.3 is 0 Å². The van der Waals surface area contributed by atoms with Crippen LogP contribution >= 0.6 is 0 Å². The third-order valence-electron chi connectivity index (χ3n) is 4.45. The van der Waals surface area contributed by atoms with Crippen LogP contribution < -0.4 is 5.32 Å². The van der Waals surface area contributed by atoms with Gasteiger partial charge in [0.05, 0.1) is 11.4 Å². The van der Waals surface area contributed by atoms with Gasteiger partial charge in [-0.15, -0.1) is 0 Å². The molecule has 4 heteroatoms. The Morgan fingerprint density at radius 1 is 1.40 bits per heavy atom. The molecule has 20 heavy (non-hydrogen) atoms. The molecule has 1 aromatic rings. The molecule has 1 N–H and O–H groups in total. The number of rotatable bonds is 5. The molecule has 1 aliphatic rings. The maximum atomic E-state index is 4.58. The fourth-order valence-electron chi connectivity index (χ4n) is 3.22. The Labute approximate surface area is 123 Å². The molecule has 1 saturated heterocycles.